The van der Waals surface area contributed by atoms with Crippen LogP contribution in [0.1, 0.15) is 6.92 Å². The fraction of sp³-hybridized carbons (Fsp3) is 0.857. The molecule has 0 amide bonds. The summed E-state index contributed by atoms with van der Waals surface area (Å²) in [7, 11) is -2.78. The molecule has 0 aromatic carbocycles. The van der Waals surface area contributed by atoms with Gasteiger partial charge in [-0.05, 0) is 6.92 Å². The van der Waals surface area contributed by atoms with Crippen LogP contribution in [-0.4, -0.2) is 50.9 Å². The number of rotatable bonds is 3. The molecule has 13 heavy (non-hydrogen) atoms. The minimum absolute atomic E-state index is 0.228. The molecule has 0 aliphatic carbocycles. The molecule has 0 aromatic rings. The Balaban J connectivity index is 2.25. The number of sulfone groups is 1. The van der Waals surface area contributed by atoms with Crippen LogP contribution in [0.2, 0.25) is 0 Å². The summed E-state index contributed by atoms with van der Waals surface area (Å²) in [6.07, 6.45) is 1.56. The Morgan fingerprint density at radius 3 is 2.62 bits per heavy atom. The molecule has 0 radical (unpaired) electrons. The highest BCUT2D eigenvalue weighted by Crippen LogP contribution is 2.02. The normalized spacial score (nSPS) is 23.5. The summed E-state index contributed by atoms with van der Waals surface area (Å²) in [5.41, 5.74) is 0. The molecule has 5 nitrogen and oxygen atoms in total. The van der Waals surface area contributed by atoms with Crippen LogP contribution < -0.4 is 0 Å². The van der Waals surface area contributed by atoms with Crippen LogP contribution in [-0.2, 0) is 14.7 Å². The molecule has 6 heteroatoms. The van der Waals surface area contributed by atoms with Crippen molar-refractivity contribution in [3.05, 3.63) is 0 Å². The highest BCUT2D eigenvalue weighted by Gasteiger charge is 2.21. The Bertz CT molecular complexity index is 259. The van der Waals surface area contributed by atoms with E-state index in [4.69, 9.17) is 4.84 Å². The zero-order valence-corrected chi connectivity index (χ0v) is 8.46. The van der Waals surface area contributed by atoms with Crippen molar-refractivity contribution < 1.29 is 13.3 Å². The van der Waals surface area contributed by atoms with E-state index in [9.17, 15) is 8.42 Å². The minimum Gasteiger partial charge on any atom is -0.380 e. The predicted octanol–water partition coefficient (Wildman–Crippen LogP) is -0.303. The van der Waals surface area contributed by atoms with Crippen LogP contribution in [0, 0.1) is 0 Å². The molecule has 0 saturated carbocycles. The number of hydrogen-bond acceptors (Lipinski definition) is 5. The monoisotopic (exact) mass is 206 g/mol. The summed E-state index contributed by atoms with van der Waals surface area (Å²) in [5.74, 6) is 0.457. The Kier molecular flexibility index (Phi) is 3.68. The Morgan fingerprint density at radius 2 is 2.08 bits per heavy atom. The molecule has 0 unspecified atom stereocenters. The lowest BCUT2D eigenvalue weighted by molar-refractivity contribution is 0.0381. The van der Waals surface area contributed by atoms with Gasteiger partial charge in [-0.25, -0.2) is 8.42 Å². The van der Waals surface area contributed by atoms with E-state index in [0.717, 1.165) is 0 Å². The molecule has 1 rings (SSSR count). The third kappa shape index (κ3) is 3.73. The lowest BCUT2D eigenvalue weighted by atomic mass is 10.5. The molecule has 0 atom stereocenters. The lowest BCUT2D eigenvalue weighted by Gasteiger charge is -2.24. The van der Waals surface area contributed by atoms with Gasteiger partial charge in [0.15, 0.2) is 16.6 Å². The summed E-state index contributed by atoms with van der Waals surface area (Å²) in [5, 5.41) is 3.59. The molecule has 76 valence electrons. The van der Waals surface area contributed by atoms with Gasteiger partial charge in [-0.3, -0.25) is 4.90 Å². The van der Waals surface area contributed by atoms with E-state index in [1.807, 2.05) is 4.90 Å². The van der Waals surface area contributed by atoms with Crippen molar-refractivity contribution in [2.45, 2.75) is 6.92 Å². The van der Waals surface area contributed by atoms with Crippen molar-refractivity contribution >= 4 is 16.1 Å². The summed E-state index contributed by atoms with van der Waals surface area (Å²) < 4.78 is 22.1. The minimum atomic E-state index is -2.78. The molecule has 1 saturated heterocycles. The van der Waals surface area contributed by atoms with Crippen molar-refractivity contribution in [1.29, 1.82) is 0 Å². The zero-order valence-electron chi connectivity index (χ0n) is 7.64. The largest absolute Gasteiger partial charge is 0.380 e. The number of nitrogens with zero attached hydrogens (tertiary/aromatic N) is 2. The van der Waals surface area contributed by atoms with E-state index in [1.54, 1.807) is 13.1 Å². The van der Waals surface area contributed by atoms with E-state index < -0.39 is 9.84 Å². The fourth-order valence-electron chi connectivity index (χ4n) is 1.07. The standard InChI is InChI=1S/C7H14N2O3S/c1-2-8-12-7-9-3-5-13(10,11)6-4-9/h2H,3-7H2,1H3/b8-2-. The quantitative estimate of drug-likeness (QED) is 0.470. The summed E-state index contributed by atoms with van der Waals surface area (Å²) in [6.45, 7) is 3.23. The van der Waals surface area contributed by atoms with Crippen LogP contribution in [0.15, 0.2) is 5.16 Å². The second kappa shape index (κ2) is 4.57. The number of oxime groups is 1. The van der Waals surface area contributed by atoms with Crippen molar-refractivity contribution in [3.63, 3.8) is 0 Å². The van der Waals surface area contributed by atoms with Crippen LogP contribution in [0.25, 0.3) is 0 Å². The lowest BCUT2D eigenvalue weighted by Crippen LogP contribution is -2.40. The second-order valence-corrected chi connectivity index (χ2v) is 5.20. The molecule has 1 heterocycles. The van der Waals surface area contributed by atoms with Crippen LogP contribution >= 0.6 is 0 Å². The van der Waals surface area contributed by atoms with Gasteiger partial charge in [0.25, 0.3) is 0 Å². The smallest absolute Gasteiger partial charge is 0.170 e. The molecule has 0 aromatic heterocycles. The molecule has 0 spiro atoms. The van der Waals surface area contributed by atoms with Gasteiger partial charge < -0.3 is 4.84 Å². The Morgan fingerprint density at radius 1 is 1.46 bits per heavy atom. The van der Waals surface area contributed by atoms with Crippen molar-refractivity contribution in [1.82, 2.24) is 4.90 Å². The molecule has 1 aliphatic heterocycles. The van der Waals surface area contributed by atoms with Gasteiger partial charge in [-0.1, -0.05) is 5.16 Å². The first-order chi connectivity index (χ1) is 6.14. The van der Waals surface area contributed by atoms with Crippen molar-refractivity contribution in [2.75, 3.05) is 31.3 Å². The van der Waals surface area contributed by atoms with Crippen molar-refractivity contribution in [2.24, 2.45) is 5.16 Å². The maximum absolute atomic E-state index is 11.0. The van der Waals surface area contributed by atoms with E-state index in [0.29, 0.717) is 19.8 Å². The molecular formula is C7H14N2O3S. The predicted molar refractivity (Wildman–Crippen MR) is 50.3 cm³/mol. The highest BCUT2D eigenvalue weighted by atomic mass is 32.2. The third-order valence-electron chi connectivity index (χ3n) is 1.86. The van der Waals surface area contributed by atoms with Gasteiger partial charge in [0.1, 0.15) is 0 Å². The first-order valence-electron chi connectivity index (χ1n) is 4.17. The average molecular weight is 206 g/mol. The van der Waals surface area contributed by atoms with Gasteiger partial charge in [0, 0.05) is 19.3 Å². The SMILES string of the molecule is C/C=N\OCN1CCS(=O)(=O)CC1. The topological polar surface area (TPSA) is 59.0 Å². The molecule has 1 aliphatic rings. The van der Waals surface area contributed by atoms with Gasteiger partial charge in [-0.2, -0.15) is 0 Å². The van der Waals surface area contributed by atoms with E-state index in [2.05, 4.69) is 5.16 Å². The molecular weight excluding hydrogens is 192 g/mol. The summed E-state index contributed by atoms with van der Waals surface area (Å²) in [6, 6.07) is 0. The third-order valence-corrected chi connectivity index (χ3v) is 3.47. The van der Waals surface area contributed by atoms with Gasteiger partial charge in [0.05, 0.1) is 11.5 Å². The van der Waals surface area contributed by atoms with Gasteiger partial charge in [-0.15, -0.1) is 0 Å². The molecule has 1 fully saturated rings. The fourth-order valence-corrected chi connectivity index (χ4v) is 2.35. The van der Waals surface area contributed by atoms with Gasteiger partial charge >= 0.3 is 0 Å². The summed E-state index contributed by atoms with van der Waals surface area (Å²) >= 11 is 0. The van der Waals surface area contributed by atoms with E-state index in [-0.39, 0.29) is 11.5 Å². The van der Waals surface area contributed by atoms with Crippen LogP contribution in [0.5, 0.6) is 0 Å². The molecule has 0 N–H and O–H groups in total. The Hall–Kier alpha value is -0.620. The number of hydrogen-bond donors (Lipinski definition) is 0. The van der Waals surface area contributed by atoms with Crippen LogP contribution in [0.4, 0.5) is 0 Å². The first-order valence-corrected chi connectivity index (χ1v) is 5.99. The molecule has 0 bridgehead atoms. The maximum atomic E-state index is 11.0. The second-order valence-electron chi connectivity index (χ2n) is 2.89. The first kappa shape index (κ1) is 10.5. The van der Waals surface area contributed by atoms with Gasteiger partial charge in [0.2, 0.25) is 0 Å². The average Bonchev–Trinajstić information content (AvgIpc) is 2.08. The highest BCUT2D eigenvalue weighted by molar-refractivity contribution is 7.91. The maximum Gasteiger partial charge on any atom is 0.170 e. The summed E-state index contributed by atoms with van der Waals surface area (Å²) in [4.78, 5) is 6.82. The zero-order chi connectivity index (χ0) is 9.73. The van der Waals surface area contributed by atoms with Crippen LogP contribution in [0.3, 0.4) is 0 Å². The van der Waals surface area contributed by atoms with Crippen molar-refractivity contribution in [3.8, 4) is 0 Å². The van der Waals surface area contributed by atoms with E-state index >= 15 is 0 Å². The Labute approximate surface area is 78.3 Å². The van der Waals surface area contributed by atoms with E-state index in [1.165, 1.54) is 0 Å².